The molecule has 0 saturated carbocycles. The number of benzene rings is 3. The number of aliphatic carboxylic acids is 3. The van der Waals surface area contributed by atoms with Crippen LogP contribution in [-0.4, -0.2) is 149 Å². The Morgan fingerprint density at radius 2 is 1.38 bits per heavy atom. The number of carboxylic acid groups (broad SMARTS) is 3. The van der Waals surface area contributed by atoms with E-state index in [9.17, 15) is 23.9 Å². The summed E-state index contributed by atoms with van der Waals surface area (Å²) in [6.45, 7) is 5.56. The van der Waals surface area contributed by atoms with Crippen molar-refractivity contribution in [2.75, 3.05) is 58.4 Å². The SMILES string of the molecule is COC(=O)C1CCN(Cc2cc(C#N)c3oc(-c4cccc(-c5cccc(Nc6nc(C(F)F)nc7cc(CN8CC[C@@H](O)C8)cnc67)c5C)c4C)nc3c2)CC1.O=C(O)CO.O=C(O)CO.O=C(O)CO. The van der Waals surface area contributed by atoms with Crippen LogP contribution < -0.4 is 5.32 Å². The number of alkyl halides is 2. The highest BCUT2D eigenvalue weighted by atomic mass is 19.3. The van der Waals surface area contributed by atoms with Crippen LogP contribution in [0.3, 0.4) is 0 Å². The average Bonchev–Trinajstić information content (AvgIpc) is 4.00. The lowest BCUT2D eigenvalue weighted by atomic mass is 9.93. The Kier molecular flexibility index (Phi) is 20.0. The second-order valence-electron chi connectivity index (χ2n) is 16.6. The molecule has 0 spiro atoms. The Bertz CT molecular complexity index is 2890. The van der Waals surface area contributed by atoms with Gasteiger partial charge in [0.25, 0.3) is 6.43 Å². The number of likely N-dealkylation sites (tertiary alicyclic amines) is 2. The smallest absolute Gasteiger partial charge is 0.329 e. The predicted octanol–water partition coefficient (Wildman–Crippen LogP) is 4.81. The van der Waals surface area contributed by atoms with E-state index < -0.39 is 50.0 Å². The van der Waals surface area contributed by atoms with Crippen LogP contribution >= 0.6 is 0 Å². The highest BCUT2D eigenvalue weighted by Crippen LogP contribution is 2.38. The summed E-state index contributed by atoms with van der Waals surface area (Å²) < 4.78 is 39.4. The van der Waals surface area contributed by atoms with Gasteiger partial charge in [-0.05, 0) is 110 Å². The van der Waals surface area contributed by atoms with Crippen LogP contribution in [0.15, 0.2) is 65.2 Å². The number of carbonyl (C=O) groups excluding carboxylic acids is 1. The topological polar surface area (TPSA) is 326 Å². The number of fused-ring (bicyclic) bond motifs is 2. The Labute approximate surface area is 410 Å². The Balaban J connectivity index is 0.000000563. The molecule has 0 bridgehead atoms. The second kappa shape index (κ2) is 26.0. The first-order valence-electron chi connectivity index (χ1n) is 22.3. The molecule has 5 heterocycles. The van der Waals surface area contributed by atoms with Gasteiger partial charge in [-0.25, -0.2) is 38.1 Å². The molecule has 382 valence electrons. The number of pyridine rings is 1. The number of nitrogens with one attached hydrogen (secondary N) is 1. The van der Waals surface area contributed by atoms with Gasteiger partial charge in [-0.3, -0.25) is 19.6 Å². The lowest BCUT2D eigenvalue weighted by molar-refractivity contribution is -0.147. The van der Waals surface area contributed by atoms with Crippen molar-refractivity contribution in [3.8, 4) is 28.7 Å². The van der Waals surface area contributed by atoms with Gasteiger partial charge < -0.3 is 50.2 Å². The maximum Gasteiger partial charge on any atom is 0.329 e. The van der Waals surface area contributed by atoms with E-state index >= 15 is 0 Å². The first-order chi connectivity index (χ1) is 34.4. The number of carboxylic acids is 3. The lowest BCUT2D eigenvalue weighted by Gasteiger charge is -2.30. The number of nitriles is 1. The van der Waals surface area contributed by atoms with Gasteiger partial charge >= 0.3 is 23.9 Å². The molecule has 0 amide bonds. The molecule has 2 saturated heterocycles. The van der Waals surface area contributed by atoms with E-state index in [1.807, 2.05) is 62.4 Å². The van der Waals surface area contributed by atoms with Crippen LogP contribution in [0.25, 0.3) is 44.7 Å². The third-order valence-corrected chi connectivity index (χ3v) is 11.5. The molecule has 6 aromatic rings. The zero-order valence-electron chi connectivity index (χ0n) is 39.5. The van der Waals surface area contributed by atoms with Crippen LogP contribution in [0.5, 0.6) is 0 Å². The van der Waals surface area contributed by atoms with Crippen LogP contribution in [-0.2, 0) is 37.0 Å². The summed E-state index contributed by atoms with van der Waals surface area (Å²) in [5.41, 5.74) is 8.86. The van der Waals surface area contributed by atoms with E-state index in [2.05, 4.69) is 36.1 Å². The third kappa shape index (κ3) is 14.7. The lowest BCUT2D eigenvalue weighted by Crippen LogP contribution is -2.36. The third-order valence-electron chi connectivity index (χ3n) is 11.5. The Morgan fingerprint density at radius 1 is 0.806 bits per heavy atom. The Hall–Kier alpha value is -7.59. The fourth-order valence-electron chi connectivity index (χ4n) is 8.05. The number of halogens is 2. The molecule has 3 aromatic heterocycles. The van der Waals surface area contributed by atoms with Crippen LogP contribution in [0.4, 0.5) is 20.3 Å². The number of piperidine rings is 1. The van der Waals surface area contributed by atoms with Crippen LogP contribution in [0, 0.1) is 31.1 Å². The molecule has 72 heavy (non-hydrogen) atoms. The minimum absolute atomic E-state index is 0.0864. The van der Waals surface area contributed by atoms with Crippen LogP contribution in [0.2, 0.25) is 0 Å². The molecule has 0 unspecified atom stereocenters. The molecule has 2 fully saturated rings. The Morgan fingerprint density at radius 3 is 1.94 bits per heavy atom. The van der Waals surface area contributed by atoms with Crippen molar-refractivity contribution in [2.45, 2.75) is 58.7 Å². The van der Waals surface area contributed by atoms with E-state index in [0.29, 0.717) is 65.3 Å². The van der Waals surface area contributed by atoms with E-state index in [4.69, 9.17) is 59.2 Å². The minimum atomic E-state index is -2.88. The number of oxazole rings is 1. The van der Waals surface area contributed by atoms with Crippen molar-refractivity contribution in [2.24, 2.45) is 5.92 Å². The summed E-state index contributed by atoms with van der Waals surface area (Å²) in [6, 6.07) is 19.5. The number of aliphatic hydroxyl groups is 4. The fourth-order valence-corrected chi connectivity index (χ4v) is 8.05. The molecule has 2 aliphatic heterocycles. The summed E-state index contributed by atoms with van der Waals surface area (Å²) in [6.07, 6.45) is 0.588. The molecule has 3 aromatic carbocycles. The molecule has 23 heteroatoms. The molecule has 21 nitrogen and oxygen atoms in total. The van der Waals surface area contributed by atoms with E-state index in [1.54, 1.807) is 12.3 Å². The van der Waals surface area contributed by atoms with Gasteiger partial charge in [0.2, 0.25) is 5.89 Å². The highest BCUT2D eigenvalue weighted by Gasteiger charge is 2.27. The maximum absolute atomic E-state index is 14.1. The van der Waals surface area contributed by atoms with E-state index in [1.165, 1.54) is 7.11 Å². The van der Waals surface area contributed by atoms with Crippen molar-refractivity contribution < 1.29 is 72.9 Å². The van der Waals surface area contributed by atoms with Gasteiger partial charge in [-0.1, -0.05) is 24.3 Å². The van der Waals surface area contributed by atoms with Gasteiger partial charge in [0, 0.05) is 43.6 Å². The van der Waals surface area contributed by atoms with Crippen molar-refractivity contribution in [1.82, 2.24) is 29.7 Å². The number of aliphatic hydroxyl groups excluding tert-OH is 4. The zero-order valence-corrected chi connectivity index (χ0v) is 39.5. The average molecular weight is 1000 g/mol. The van der Waals surface area contributed by atoms with Gasteiger partial charge in [-0.2, -0.15) is 5.26 Å². The number of ether oxygens (including phenoxy) is 1. The molecular weight excluding hydrogens is 947 g/mol. The molecular formula is C49H54F2N8O13. The summed E-state index contributed by atoms with van der Waals surface area (Å²) in [4.78, 5) is 61.5. The normalized spacial score (nSPS) is 14.8. The standard InChI is InChI=1S/C43H42F2N8O4.3C2H4O3/c1-24-31(6-4-8-33(24)42-50-36-17-26(16-29(19-46)38(36)57-42)21-52-13-10-28(11-14-52)43(55)56-3)32-7-5-9-34(25(32)2)48-40-37-35(49-41(51-40)39(44)45)18-27(20-47-37)22-53-15-12-30(54)23-53;3*3-1-2(4)5/h4-9,16-18,20,28,30,39,54H,10-15,21-23H2,1-3H3,(H,48,49,51);3*3H,1H2,(H,4,5)/t30-;;;/m1.../s1. The number of methoxy groups -OCH3 is 1. The molecule has 1 atom stereocenters. The van der Waals surface area contributed by atoms with E-state index in [0.717, 1.165) is 71.4 Å². The van der Waals surface area contributed by atoms with Gasteiger partial charge in [0.05, 0.1) is 30.2 Å². The number of anilines is 2. The molecule has 8 rings (SSSR count). The number of esters is 1. The monoisotopic (exact) mass is 1000 g/mol. The summed E-state index contributed by atoms with van der Waals surface area (Å²) in [5.74, 6) is -3.85. The van der Waals surface area contributed by atoms with Gasteiger partial charge in [0.1, 0.15) is 36.9 Å². The number of hydrogen-bond acceptors (Lipinski definition) is 18. The number of carbonyl (C=O) groups is 4. The minimum Gasteiger partial charge on any atom is -0.480 e. The number of rotatable bonds is 13. The number of aromatic nitrogens is 4. The molecule has 0 aliphatic carbocycles. The van der Waals surface area contributed by atoms with Crippen molar-refractivity contribution >= 4 is 57.5 Å². The summed E-state index contributed by atoms with van der Waals surface area (Å²) >= 11 is 0. The first kappa shape index (κ1) is 55.3. The van der Waals surface area contributed by atoms with E-state index in [-0.39, 0.29) is 23.8 Å². The highest BCUT2D eigenvalue weighted by molar-refractivity contribution is 5.90. The van der Waals surface area contributed by atoms with Crippen LogP contribution in [0.1, 0.15) is 59.3 Å². The second-order valence-corrected chi connectivity index (χ2v) is 16.6. The summed E-state index contributed by atoms with van der Waals surface area (Å²) in [7, 11) is 1.42. The largest absolute Gasteiger partial charge is 0.480 e. The number of nitrogens with zero attached hydrogens (tertiary/aromatic N) is 7. The van der Waals surface area contributed by atoms with Crippen molar-refractivity contribution in [3.05, 3.63) is 94.4 Å². The molecule has 2 aliphatic rings. The summed E-state index contributed by atoms with van der Waals surface area (Å²) in [5, 5.41) is 68.4. The van der Waals surface area contributed by atoms with Gasteiger partial charge in [0.15, 0.2) is 17.2 Å². The van der Waals surface area contributed by atoms with Crippen molar-refractivity contribution in [3.63, 3.8) is 0 Å². The van der Waals surface area contributed by atoms with Gasteiger partial charge in [-0.15, -0.1) is 0 Å². The number of β-amino-alcohol motifs (C(OH)–C–C–N with tert-alkyl or cyclic N) is 1. The quantitative estimate of drug-likeness (QED) is 0.0720. The zero-order chi connectivity index (χ0) is 52.6. The molecule has 0 radical (unpaired) electrons. The fraction of sp³-hybridized carbons (Fsp3) is 0.367. The first-order valence-corrected chi connectivity index (χ1v) is 22.3. The number of hydrogen-bond donors (Lipinski definition) is 8. The molecule has 8 N–H and O–H groups in total. The maximum atomic E-state index is 14.1. The predicted molar refractivity (Wildman–Crippen MR) is 255 cm³/mol. The van der Waals surface area contributed by atoms with Crippen molar-refractivity contribution in [1.29, 1.82) is 5.26 Å².